The summed E-state index contributed by atoms with van der Waals surface area (Å²) in [6, 6.07) is 26.3. The summed E-state index contributed by atoms with van der Waals surface area (Å²) in [5, 5.41) is 0. The minimum absolute atomic E-state index is 0.0447. The zero-order chi connectivity index (χ0) is 21.8. The van der Waals surface area contributed by atoms with E-state index in [0.717, 1.165) is 22.3 Å². The van der Waals surface area contributed by atoms with Gasteiger partial charge in [0.1, 0.15) is 0 Å². The van der Waals surface area contributed by atoms with E-state index in [-0.39, 0.29) is 11.8 Å². The van der Waals surface area contributed by atoms with Crippen LogP contribution < -0.4 is 5.73 Å². The third-order valence-electron chi connectivity index (χ3n) is 6.34. The summed E-state index contributed by atoms with van der Waals surface area (Å²) in [6.07, 6.45) is 1.46. The number of nitrogens with zero attached hydrogens (tertiary/aromatic N) is 1. The van der Waals surface area contributed by atoms with Gasteiger partial charge in [-0.3, -0.25) is 9.59 Å². The normalized spacial score (nSPS) is 18.2. The molecule has 4 heteroatoms. The number of carbonyl (C=O) groups excluding carboxylic acids is 2. The van der Waals surface area contributed by atoms with Crippen LogP contribution in [0, 0.1) is 12.3 Å². The van der Waals surface area contributed by atoms with Gasteiger partial charge in [-0.1, -0.05) is 84.4 Å². The predicted molar refractivity (Wildman–Crippen MR) is 123 cm³/mol. The highest BCUT2D eigenvalue weighted by Gasteiger charge is 2.45. The summed E-state index contributed by atoms with van der Waals surface area (Å²) in [5.74, 6) is -0.288. The molecule has 0 spiro atoms. The first-order valence-corrected chi connectivity index (χ1v) is 10.7. The molecule has 1 saturated heterocycles. The first kappa shape index (κ1) is 20.9. The molecule has 4 rings (SSSR count). The van der Waals surface area contributed by atoms with Gasteiger partial charge in [-0.25, -0.2) is 0 Å². The van der Waals surface area contributed by atoms with Crippen LogP contribution in [-0.4, -0.2) is 29.8 Å². The lowest BCUT2D eigenvalue weighted by Gasteiger charge is -2.27. The Labute approximate surface area is 183 Å². The van der Waals surface area contributed by atoms with Gasteiger partial charge in [0.2, 0.25) is 11.8 Å². The smallest absolute Gasteiger partial charge is 0.227 e. The van der Waals surface area contributed by atoms with E-state index in [1.54, 1.807) is 4.90 Å². The van der Waals surface area contributed by atoms with Crippen LogP contribution in [0.1, 0.15) is 23.1 Å². The average Bonchev–Trinajstić information content (AvgIpc) is 3.22. The van der Waals surface area contributed by atoms with Crippen LogP contribution in [0.15, 0.2) is 78.9 Å². The topological polar surface area (TPSA) is 63.4 Å². The molecule has 0 radical (unpaired) electrons. The molecule has 1 fully saturated rings. The van der Waals surface area contributed by atoms with Crippen molar-refractivity contribution in [3.63, 3.8) is 0 Å². The molecule has 3 aromatic rings. The molecular formula is C27H28N2O2. The van der Waals surface area contributed by atoms with Crippen molar-refractivity contribution >= 4 is 11.8 Å². The van der Waals surface area contributed by atoms with Crippen molar-refractivity contribution in [1.82, 2.24) is 4.90 Å². The second-order valence-corrected chi connectivity index (χ2v) is 8.57. The van der Waals surface area contributed by atoms with Crippen molar-refractivity contribution in [3.05, 3.63) is 95.6 Å². The van der Waals surface area contributed by atoms with Crippen molar-refractivity contribution in [1.29, 1.82) is 0 Å². The summed E-state index contributed by atoms with van der Waals surface area (Å²) in [4.78, 5) is 27.3. The summed E-state index contributed by atoms with van der Waals surface area (Å²) in [7, 11) is 0. The molecule has 2 N–H and O–H groups in total. The standard InChI is InChI=1S/C27H28N2O2/c1-20-11-13-21(14-12-20)17-25(30)29-16-15-27(19-29,26(28)31)18-23-9-5-6-10-24(23)22-7-3-2-4-8-22/h2-14H,15-19H2,1H3,(H2,28,31)/t27-/m0/s1. The number of aryl methyl sites for hydroxylation is 1. The van der Waals surface area contributed by atoms with Crippen LogP contribution in [0.25, 0.3) is 11.1 Å². The van der Waals surface area contributed by atoms with Crippen molar-refractivity contribution in [2.24, 2.45) is 11.1 Å². The lowest BCUT2D eigenvalue weighted by Crippen LogP contribution is -2.42. The number of likely N-dealkylation sites (tertiary alicyclic amines) is 1. The molecule has 1 aliphatic rings. The number of carbonyl (C=O) groups is 2. The fraction of sp³-hybridized carbons (Fsp3) is 0.259. The number of hydrogen-bond donors (Lipinski definition) is 1. The Morgan fingerprint density at radius 1 is 0.935 bits per heavy atom. The fourth-order valence-corrected chi connectivity index (χ4v) is 4.45. The molecule has 1 aliphatic heterocycles. The second-order valence-electron chi connectivity index (χ2n) is 8.57. The zero-order valence-electron chi connectivity index (χ0n) is 17.9. The van der Waals surface area contributed by atoms with Crippen molar-refractivity contribution in [2.75, 3.05) is 13.1 Å². The number of benzene rings is 3. The number of hydrogen-bond acceptors (Lipinski definition) is 2. The highest BCUT2D eigenvalue weighted by atomic mass is 16.2. The van der Waals surface area contributed by atoms with Crippen LogP contribution in [0.4, 0.5) is 0 Å². The molecule has 158 valence electrons. The summed E-state index contributed by atoms with van der Waals surface area (Å²) >= 11 is 0. The van der Waals surface area contributed by atoms with E-state index >= 15 is 0 Å². The van der Waals surface area contributed by atoms with E-state index in [1.165, 1.54) is 5.56 Å². The molecular weight excluding hydrogens is 384 g/mol. The van der Waals surface area contributed by atoms with Crippen molar-refractivity contribution < 1.29 is 9.59 Å². The highest BCUT2D eigenvalue weighted by Crippen LogP contribution is 2.37. The van der Waals surface area contributed by atoms with Crippen molar-refractivity contribution in [2.45, 2.75) is 26.2 Å². The Morgan fingerprint density at radius 2 is 1.61 bits per heavy atom. The number of rotatable bonds is 6. The maximum atomic E-state index is 12.9. The molecule has 1 heterocycles. The summed E-state index contributed by atoms with van der Waals surface area (Å²) in [6.45, 7) is 2.96. The maximum Gasteiger partial charge on any atom is 0.227 e. The molecule has 0 aromatic heterocycles. The van der Waals surface area contributed by atoms with E-state index in [4.69, 9.17) is 5.73 Å². The molecule has 0 saturated carbocycles. The molecule has 0 bridgehead atoms. The molecule has 4 nitrogen and oxygen atoms in total. The predicted octanol–water partition coefficient (Wildman–Crippen LogP) is 4.15. The van der Waals surface area contributed by atoms with Crippen LogP contribution >= 0.6 is 0 Å². The summed E-state index contributed by atoms with van der Waals surface area (Å²) < 4.78 is 0. The molecule has 31 heavy (non-hydrogen) atoms. The molecule has 0 aliphatic carbocycles. The maximum absolute atomic E-state index is 12.9. The van der Waals surface area contributed by atoms with Gasteiger partial charge in [0.25, 0.3) is 0 Å². The Balaban J connectivity index is 1.54. The van der Waals surface area contributed by atoms with Gasteiger partial charge in [-0.05, 0) is 42.0 Å². The van der Waals surface area contributed by atoms with E-state index in [0.29, 0.717) is 32.4 Å². The number of nitrogens with two attached hydrogens (primary N) is 1. The van der Waals surface area contributed by atoms with E-state index in [9.17, 15) is 9.59 Å². The minimum atomic E-state index is -0.742. The molecule has 0 unspecified atom stereocenters. The number of amides is 2. The second kappa shape index (κ2) is 8.76. The van der Waals surface area contributed by atoms with Crippen LogP contribution in [-0.2, 0) is 22.4 Å². The third-order valence-corrected chi connectivity index (χ3v) is 6.34. The average molecular weight is 413 g/mol. The molecule has 1 atom stereocenters. The van der Waals surface area contributed by atoms with Gasteiger partial charge in [0.05, 0.1) is 11.8 Å². The lowest BCUT2D eigenvalue weighted by atomic mass is 9.78. The van der Waals surface area contributed by atoms with Gasteiger partial charge in [0, 0.05) is 13.1 Å². The zero-order valence-corrected chi connectivity index (χ0v) is 17.9. The first-order valence-electron chi connectivity index (χ1n) is 10.7. The third kappa shape index (κ3) is 4.53. The minimum Gasteiger partial charge on any atom is -0.369 e. The van der Waals surface area contributed by atoms with Gasteiger partial charge < -0.3 is 10.6 Å². The monoisotopic (exact) mass is 412 g/mol. The Hall–Kier alpha value is -3.40. The SMILES string of the molecule is Cc1ccc(CC(=O)N2CC[C@@](Cc3ccccc3-c3ccccc3)(C(N)=O)C2)cc1. The van der Waals surface area contributed by atoms with Crippen LogP contribution in [0.2, 0.25) is 0 Å². The van der Waals surface area contributed by atoms with Crippen LogP contribution in [0.5, 0.6) is 0 Å². The Kier molecular flexibility index (Phi) is 5.90. The first-order chi connectivity index (χ1) is 15.0. The quantitative estimate of drug-likeness (QED) is 0.661. The largest absolute Gasteiger partial charge is 0.369 e. The van der Waals surface area contributed by atoms with Gasteiger partial charge in [0.15, 0.2) is 0 Å². The van der Waals surface area contributed by atoms with E-state index in [1.807, 2.05) is 61.5 Å². The van der Waals surface area contributed by atoms with E-state index < -0.39 is 5.41 Å². The molecule has 2 amide bonds. The van der Waals surface area contributed by atoms with Gasteiger partial charge in [-0.15, -0.1) is 0 Å². The summed E-state index contributed by atoms with van der Waals surface area (Å²) in [5.41, 5.74) is 10.6. The van der Waals surface area contributed by atoms with Gasteiger partial charge in [-0.2, -0.15) is 0 Å². The Morgan fingerprint density at radius 3 is 2.32 bits per heavy atom. The van der Waals surface area contributed by atoms with E-state index in [2.05, 4.69) is 24.3 Å². The van der Waals surface area contributed by atoms with Crippen LogP contribution in [0.3, 0.4) is 0 Å². The fourth-order valence-electron chi connectivity index (χ4n) is 4.45. The van der Waals surface area contributed by atoms with Crippen molar-refractivity contribution in [3.8, 4) is 11.1 Å². The highest BCUT2D eigenvalue weighted by molar-refractivity contribution is 5.85. The van der Waals surface area contributed by atoms with Gasteiger partial charge >= 0.3 is 0 Å². The molecule has 3 aromatic carbocycles. The Bertz CT molecular complexity index is 1080. The lowest BCUT2D eigenvalue weighted by molar-refractivity contribution is -0.131. The number of primary amides is 1.